The number of benzene rings is 1. The fourth-order valence-electron chi connectivity index (χ4n) is 1.19. The van der Waals surface area contributed by atoms with Gasteiger partial charge in [-0.15, -0.1) is 0 Å². The molecule has 0 spiro atoms. The molecular formula is C10H12F2N2O4S. The maximum atomic E-state index is 12.9. The van der Waals surface area contributed by atoms with Crippen molar-refractivity contribution in [2.24, 2.45) is 0 Å². The Morgan fingerprint density at radius 1 is 1.32 bits per heavy atom. The van der Waals surface area contributed by atoms with Crippen molar-refractivity contribution in [1.82, 2.24) is 10.2 Å². The Balaban J connectivity index is 2.66. The summed E-state index contributed by atoms with van der Waals surface area (Å²) in [5.41, 5.74) is 2.00. The molecule has 0 saturated carbocycles. The van der Waals surface area contributed by atoms with E-state index in [2.05, 4.69) is 9.56 Å². The van der Waals surface area contributed by atoms with E-state index in [-0.39, 0.29) is 13.0 Å². The summed E-state index contributed by atoms with van der Waals surface area (Å²) in [6.45, 7) is -0.198. The van der Waals surface area contributed by atoms with Crippen molar-refractivity contribution in [3.63, 3.8) is 0 Å². The zero-order valence-electron chi connectivity index (χ0n) is 9.94. The van der Waals surface area contributed by atoms with Crippen LogP contribution in [0.3, 0.4) is 0 Å². The summed E-state index contributed by atoms with van der Waals surface area (Å²) in [7, 11) is -2.75. The van der Waals surface area contributed by atoms with Crippen molar-refractivity contribution in [3.05, 3.63) is 29.8 Å². The van der Waals surface area contributed by atoms with Crippen molar-refractivity contribution in [2.45, 2.75) is 11.3 Å². The van der Waals surface area contributed by atoms with Crippen LogP contribution in [-0.2, 0) is 19.7 Å². The maximum absolute atomic E-state index is 12.9. The van der Waals surface area contributed by atoms with Crippen LogP contribution in [0.1, 0.15) is 6.42 Å². The zero-order valence-corrected chi connectivity index (χ0v) is 10.8. The summed E-state index contributed by atoms with van der Waals surface area (Å²) in [5.74, 6) is -2.92. The molecule has 0 aliphatic heterocycles. The third-order valence-corrected chi connectivity index (χ3v) is 3.52. The highest BCUT2D eigenvalue weighted by Crippen LogP contribution is 2.13. The first-order valence-electron chi connectivity index (χ1n) is 5.13. The van der Waals surface area contributed by atoms with E-state index in [4.69, 9.17) is 0 Å². The van der Waals surface area contributed by atoms with Gasteiger partial charge in [0.2, 0.25) is 15.9 Å². The first kappa shape index (κ1) is 15.5. The Bertz CT molecular complexity index is 563. The molecule has 1 aromatic carbocycles. The van der Waals surface area contributed by atoms with E-state index in [1.165, 1.54) is 7.11 Å². The minimum absolute atomic E-state index is 0.156. The van der Waals surface area contributed by atoms with E-state index < -0.39 is 32.5 Å². The Hall–Kier alpha value is -1.58. The number of sulfonamides is 1. The lowest BCUT2D eigenvalue weighted by molar-refractivity contribution is -0.131. The van der Waals surface area contributed by atoms with Crippen molar-refractivity contribution in [3.8, 4) is 0 Å². The fraction of sp³-hybridized carbons (Fsp3) is 0.300. The smallest absolute Gasteiger partial charge is 0.244 e. The molecule has 0 saturated heterocycles. The molecule has 6 nitrogen and oxygen atoms in total. The number of carbonyl (C=O) groups excluding carboxylic acids is 1. The predicted octanol–water partition coefficient (Wildman–Crippen LogP) is 0.311. The normalized spacial score (nSPS) is 11.3. The standard InChI is InChI=1S/C10H12F2N2O4S/c1-18-14-10(15)4-5-13-19(16,17)7-2-3-8(11)9(12)6-7/h2-3,6,13H,4-5H2,1H3,(H,14,15). The third kappa shape index (κ3) is 4.54. The molecule has 106 valence electrons. The second-order valence-electron chi connectivity index (χ2n) is 3.45. The van der Waals surface area contributed by atoms with Crippen molar-refractivity contribution < 1.29 is 26.8 Å². The number of amides is 1. The van der Waals surface area contributed by atoms with Gasteiger partial charge in [0.25, 0.3) is 0 Å². The molecule has 0 heterocycles. The van der Waals surface area contributed by atoms with E-state index >= 15 is 0 Å². The fourth-order valence-corrected chi connectivity index (χ4v) is 2.23. The number of carbonyl (C=O) groups is 1. The van der Waals surface area contributed by atoms with Gasteiger partial charge in [-0.25, -0.2) is 27.4 Å². The Morgan fingerprint density at radius 2 is 2.00 bits per heavy atom. The summed E-state index contributed by atoms with van der Waals surface area (Å²) in [6, 6.07) is 2.20. The molecule has 1 rings (SSSR count). The molecule has 0 fully saturated rings. The molecule has 0 unspecified atom stereocenters. The molecule has 19 heavy (non-hydrogen) atoms. The molecule has 0 radical (unpaired) electrons. The highest BCUT2D eigenvalue weighted by Gasteiger charge is 2.16. The summed E-state index contributed by atoms with van der Waals surface area (Å²) in [4.78, 5) is 14.9. The van der Waals surface area contributed by atoms with Gasteiger partial charge < -0.3 is 0 Å². The third-order valence-electron chi connectivity index (χ3n) is 2.06. The van der Waals surface area contributed by atoms with Crippen molar-refractivity contribution in [2.75, 3.05) is 13.7 Å². The number of hydrogen-bond acceptors (Lipinski definition) is 4. The summed E-state index contributed by atoms with van der Waals surface area (Å²) in [6.07, 6.45) is -0.156. The number of halogens is 2. The molecule has 0 aromatic heterocycles. The van der Waals surface area contributed by atoms with Gasteiger partial charge in [-0.05, 0) is 18.2 Å². The average Bonchev–Trinajstić information content (AvgIpc) is 2.32. The van der Waals surface area contributed by atoms with Crippen LogP contribution in [0.5, 0.6) is 0 Å². The Kier molecular flexibility index (Phi) is 5.33. The van der Waals surface area contributed by atoms with Gasteiger partial charge in [0.05, 0.1) is 12.0 Å². The van der Waals surface area contributed by atoms with Crippen LogP contribution in [-0.4, -0.2) is 28.0 Å². The van der Waals surface area contributed by atoms with Gasteiger partial charge in [-0.2, -0.15) is 0 Å². The molecule has 9 heteroatoms. The summed E-state index contributed by atoms with van der Waals surface area (Å²) < 4.78 is 51.0. The van der Waals surface area contributed by atoms with Crippen LogP contribution >= 0.6 is 0 Å². The SMILES string of the molecule is CONC(=O)CCNS(=O)(=O)c1ccc(F)c(F)c1. The molecule has 0 aliphatic carbocycles. The molecule has 0 atom stereocenters. The van der Waals surface area contributed by atoms with Gasteiger partial charge in [0, 0.05) is 13.0 Å². The van der Waals surface area contributed by atoms with E-state index in [0.29, 0.717) is 12.1 Å². The van der Waals surface area contributed by atoms with E-state index in [9.17, 15) is 22.0 Å². The lowest BCUT2D eigenvalue weighted by atomic mass is 10.3. The average molecular weight is 294 g/mol. The van der Waals surface area contributed by atoms with E-state index in [1.54, 1.807) is 0 Å². The first-order valence-corrected chi connectivity index (χ1v) is 6.61. The predicted molar refractivity (Wildman–Crippen MR) is 61.3 cm³/mol. The second-order valence-corrected chi connectivity index (χ2v) is 5.22. The van der Waals surface area contributed by atoms with Crippen LogP contribution in [0.25, 0.3) is 0 Å². The Labute approximate surface area is 108 Å². The van der Waals surface area contributed by atoms with Gasteiger partial charge >= 0.3 is 0 Å². The lowest BCUT2D eigenvalue weighted by Crippen LogP contribution is -2.30. The molecule has 1 amide bonds. The Morgan fingerprint density at radius 3 is 2.58 bits per heavy atom. The number of hydrogen-bond donors (Lipinski definition) is 2. The van der Waals surface area contributed by atoms with Gasteiger partial charge in [0.15, 0.2) is 11.6 Å². The van der Waals surface area contributed by atoms with Gasteiger partial charge in [-0.1, -0.05) is 0 Å². The maximum Gasteiger partial charge on any atom is 0.244 e. The lowest BCUT2D eigenvalue weighted by Gasteiger charge is -2.07. The topological polar surface area (TPSA) is 84.5 Å². The van der Waals surface area contributed by atoms with Crippen LogP contribution in [0.15, 0.2) is 23.1 Å². The van der Waals surface area contributed by atoms with Crippen LogP contribution in [0.4, 0.5) is 8.78 Å². The summed E-state index contributed by atoms with van der Waals surface area (Å²) in [5, 5.41) is 0. The second kappa shape index (κ2) is 6.55. The minimum Gasteiger partial charge on any atom is -0.277 e. The summed E-state index contributed by atoms with van der Waals surface area (Å²) >= 11 is 0. The van der Waals surface area contributed by atoms with Crippen LogP contribution in [0.2, 0.25) is 0 Å². The molecule has 0 bridgehead atoms. The molecule has 0 aliphatic rings. The van der Waals surface area contributed by atoms with Gasteiger partial charge in [0.1, 0.15) is 0 Å². The molecule has 2 N–H and O–H groups in total. The van der Waals surface area contributed by atoms with Crippen LogP contribution in [0, 0.1) is 11.6 Å². The largest absolute Gasteiger partial charge is 0.277 e. The number of hydroxylamine groups is 1. The molecular weight excluding hydrogens is 282 g/mol. The zero-order chi connectivity index (χ0) is 14.5. The number of nitrogens with one attached hydrogen (secondary N) is 2. The van der Waals surface area contributed by atoms with E-state index in [1.807, 2.05) is 5.48 Å². The van der Waals surface area contributed by atoms with E-state index in [0.717, 1.165) is 6.07 Å². The highest BCUT2D eigenvalue weighted by atomic mass is 32.2. The molecule has 1 aromatic rings. The first-order chi connectivity index (χ1) is 8.86. The minimum atomic E-state index is -3.99. The highest BCUT2D eigenvalue weighted by molar-refractivity contribution is 7.89. The van der Waals surface area contributed by atoms with Gasteiger partial charge in [-0.3, -0.25) is 9.63 Å². The quantitative estimate of drug-likeness (QED) is 0.740. The van der Waals surface area contributed by atoms with Crippen molar-refractivity contribution >= 4 is 15.9 Å². The van der Waals surface area contributed by atoms with Crippen molar-refractivity contribution in [1.29, 1.82) is 0 Å². The monoisotopic (exact) mass is 294 g/mol. The van der Waals surface area contributed by atoms with Crippen LogP contribution < -0.4 is 10.2 Å². The number of rotatable bonds is 6.